The topological polar surface area (TPSA) is 92.5 Å². The maximum Gasteiger partial charge on any atom is 0.257 e. The number of amides is 3. The number of rotatable bonds is 1. The quantitative estimate of drug-likeness (QED) is 0.580. The number of nitrogens with one attached hydrogen (secondary N) is 1. The first-order valence-electron chi connectivity index (χ1n) is 6.05. The highest BCUT2D eigenvalue weighted by Gasteiger charge is 2.44. The molecule has 0 spiro atoms. The van der Waals surface area contributed by atoms with Gasteiger partial charge in [0.25, 0.3) is 11.8 Å². The zero-order valence-corrected chi connectivity index (χ0v) is 11.4. The van der Waals surface area contributed by atoms with E-state index in [2.05, 4.69) is 5.32 Å². The van der Waals surface area contributed by atoms with Crippen LogP contribution in [-0.2, 0) is 9.59 Å². The van der Waals surface area contributed by atoms with Gasteiger partial charge in [0, 0.05) is 11.8 Å². The number of nitrogens with zero attached hydrogens (tertiary/aromatic N) is 1. The lowest BCUT2D eigenvalue weighted by atomic mass is 9.97. The van der Waals surface area contributed by atoms with Gasteiger partial charge in [0.1, 0.15) is 12.1 Å². The van der Waals surface area contributed by atoms with Crippen LogP contribution < -0.4 is 11.1 Å². The molecule has 0 aliphatic carbocycles. The van der Waals surface area contributed by atoms with Crippen molar-refractivity contribution in [1.82, 2.24) is 10.2 Å². The highest BCUT2D eigenvalue weighted by atomic mass is 19.2. The SMILES string of the molecule is CC1(C)C(=O)NC(=O)CN1C(=O)c1cc(F)c(F)cc1N. The number of halogens is 2. The Morgan fingerprint density at radius 3 is 2.48 bits per heavy atom. The number of nitrogen functional groups attached to an aromatic ring is 1. The number of anilines is 1. The van der Waals surface area contributed by atoms with Crippen molar-refractivity contribution in [3.63, 3.8) is 0 Å². The Balaban J connectivity index is 2.46. The second kappa shape index (κ2) is 4.80. The lowest BCUT2D eigenvalue weighted by Gasteiger charge is -2.40. The summed E-state index contributed by atoms with van der Waals surface area (Å²) < 4.78 is 26.3. The summed E-state index contributed by atoms with van der Waals surface area (Å²) in [5.41, 5.74) is 3.63. The standard InChI is InChI=1S/C13H13F2N3O3/c1-13(2)12(21)17-10(19)5-18(13)11(20)6-3-7(14)8(15)4-9(6)16/h3-4H,5,16H2,1-2H3,(H,17,19,21). The Morgan fingerprint density at radius 1 is 1.29 bits per heavy atom. The van der Waals surface area contributed by atoms with Crippen molar-refractivity contribution >= 4 is 23.4 Å². The van der Waals surface area contributed by atoms with Gasteiger partial charge < -0.3 is 10.6 Å². The third kappa shape index (κ3) is 2.44. The molecular weight excluding hydrogens is 284 g/mol. The van der Waals surface area contributed by atoms with Crippen molar-refractivity contribution in [3.8, 4) is 0 Å². The maximum absolute atomic E-state index is 13.3. The van der Waals surface area contributed by atoms with E-state index in [1.807, 2.05) is 0 Å². The van der Waals surface area contributed by atoms with E-state index >= 15 is 0 Å². The average molecular weight is 297 g/mol. The molecule has 1 saturated heterocycles. The summed E-state index contributed by atoms with van der Waals surface area (Å²) in [6, 6.07) is 1.33. The summed E-state index contributed by atoms with van der Waals surface area (Å²) in [6.07, 6.45) is 0. The highest BCUT2D eigenvalue weighted by molar-refractivity contribution is 6.10. The Kier molecular flexibility index (Phi) is 3.40. The number of hydrogen-bond acceptors (Lipinski definition) is 4. The number of carbonyl (C=O) groups excluding carboxylic acids is 3. The van der Waals surface area contributed by atoms with Crippen LogP contribution in [0.25, 0.3) is 0 Å². The molecule has 1 aromatic carbocycles. The average Bonchev–Trinajstić information content (AvgIpc) is 2.37. The lowest BCUT2D eigenvalue weighted by Crippen LogP contribution is -2.65. The molecule has 112 valence electrons. The molecule has 3 amide bonds. The van der Waals surface area contributed by atoms with Crippen LogP contribution in [0.4, 0.5) is 14.5 Å². The number of carbonyl (C=O) groups is 3. The second-order valence-electron chi connectivity index (χ2n) is 5.18. The third-order valence-electron chi connectivity index (χ3n) is 3.35. The van der Waals surface area contributed by atoms with Crippen LogP contribution in [0.5, 0.6) is 0 Å². The van der Waals surface area contributed by atoms with Crippen LogP contribution in [0.3, 0.4) is 0 Å². The lowest BCUT2D eigenvalue weighted by molar-refractivity contribution is -0.143. The molecule has 3 N–H and O–H groups in total. The summed E-state index contributed by atoms with van der Waals surface area (Å²) in [4.78, 5) is 36.6. The number of piperazine rings is 1. The number of imide groups is 1. The van der Waals surface area contributed by atoms with Gasteiger partial charge in [-0.25, -0.2) is 8.78 Å². The van der Waals surface area contributed by atoms with Crippen LogP contribution >= 0.6 is 0 Å². The van der Waals surface area contributed by atoms with Gasteiger partial charge >= 0.3 is 0 Å². The van der Waals surface area contributed by atoms with Gasteiger partial charge in [-0.3, -0.25) is 19.7 Å². The van der Waals surface area contributed by atoms with E-state index < -0.39 is 34.9 Å². The van der Waals surface area contributed by atoms with Crippen LogP contribution in [0, 0.1) is 11.6 Å². The molecule has 8 heteroatoms. The van der Waals surface area contributed by atoms with Gasteiger partial charge in [-0.2, -0.15) is 0 Å². The van der Waals surface area contributed by atoms with E-state index in [9.17, 15) is 23.2 Å². The van der Waals surface area contributed by atoms with Crippen LogP contribution in [0.15, 0.2) is 12.1 Å². The first-order valence-corrected chi connectivity index (χ1v) is 6.05. The molecule has 1 fully saturated rings. The van der Waals surface area contributed by atoms with Crippen molar-refractivity contribution in [3.05, 3.63) is 29.3 Å². The van der Waals surface area contributed by atoms with Crippen LogP contribution in [-0.4, -0.2) is 34.7 Å². The smallest absolute Gasteiger partial charge is 0.257 e. The number of hydrogen-bond donors (Lipinski definition) is 2. The molecule has 0 atom stereocenters. The number of nitrogens with two attached hydrogens (primary N) is 1. The van der Waals surface area contributed by atoms with E-state index in [0.29, 0.717) is 12.1 Å². The molecule has 0 radical (unpaired) electrons. The fourth-order valence-electron chi connectivity index (χ4n) is 2.00. The summed E-state index contributed by atoms with van der Waals surface area (Å²) in [5.74, 6) is -4.56. The number of benzene rings is 1. The largest absolute Gasteiger partial charge is 0.398 e. The minimum Gasteiger partial charge on any atom is -0.398 e. The predicted octanol–water partition coefficient (Wildman–Crippen LogP) is 0.424. The second-order valence-corrected chi connectivity index (χ2v) is 5.18. The molecular formula is C13H13F2N3O3. The Hall–Kier alpha value is -2.51. The summed E-state index contributed by atoms with van der Waals surface area (Å²) in [7, 11) is 0. The molecule has 1 heterocycles. The monoisotopic (exact) mass is 297 g/mol. The van der Waals surface area contributed by atoms with Crippen molar-refractivity contribution < 1.29 is 23.2 Å². The Bertz CT molecular complexity index is 658. The maximum atomic E-state index is 13.3. The molecule has 1 aliphatic heterocycles. The molecule has 2 rings (SSSR count). The van der Waals surface area contributed by atoms with Gasteiger partial charge in [-0.1, -0.05) is 0 Å². The molecule has 1 aliphatic rings. The molecule has 21 heavy (non-hydrogen) atoms. The van der Waals surface area contributed by atoms with E-state index in [-0.39, 0.29) is 17.8 Å². The molecule has 6 nitrogen and oxygen atoms in total. The van der Waals surface area contributed by atoms with E-state index in [4.69, 9.17) is 5.73 Å². The minimum atomic E-state index is -1.32. The van der Waals surface area contributed by atoms with E-state index in [1.54, 1.807) is 0 Å². The summed E-state index contributed by atoms with van der Waals surface area (Å²) >= 11 is 0. The first-order chi connectivity index (χ1) is 9.64. The Labute approximate surface area is 118 Å². The minimum absolute atomic E-state index is 0.270. The third-order valence-corrected chi connectivity index (χ3v) is 3.35. The van der Waals surface area contributed by atoms with E-state index in [1.165, 1.54) is 13.8 Å². The summed E-state index contributed by atoms with van der Waals surface area (Å²) in [6.45, 7) is 2.49. The fourth-order valence-corrected chi connectivity index (χ4v) is 2.00. The Morgan fingerprint density at radius 2 is 1.86 bits per heavy atom. The molecule has 1 aromatic rings. The molecule has 0 bridgehead atoms. The van der Waals surface area contributed by atoms with Gasteiger partial charge in [-0.05, 0) is 19.9 Å². The van der Waals surface area contributed by atoms with Crippen molar-refractivity contribution in [2.24, 2.45) is 0 Å². The van der Waals surface area contributed by atoms with E-state index in [0.717, 1.165) is 4.90 Å². The molecule has 0 unspecified atom stereocenters. The summed E-state index contributed by atoms with van der Waals surface area (Å²) in [5, 5.41) is 2.10. The molecule has 0 saturated carbocycles. The first kappa shape index (κ1) is 14.9. The van der Waals surface area contributed by atoms with Crippen LogP contribution in [0.2, 0.25) is 0 Å². The van der Waals surface area contributed by atoms with Crippen molar-refractivity contribution in [1.29, 1.82) is 0 Å². The van der Waals surface area contributed by atoms with Gasteiger partial charge in [0.15, 0.2) is 11.6 Å². The van der Waals surface area contributed by atoms with Crippen LogP contribution in [0.1, 0.15) is 24.2 Å². The zero-order valence-electron chi connectivity index (χ0n) is 11.4. The predicted molar refractivity (Wildman–Crippen MR) is 69.0 cm³/mol. The highest BCUT2D eigenvalue weighted by Crippen LogP contribution is 2.25. The van der Waals surface area contributed by atoms with Crippen molar-refractivity contribution in [2.45, 2.75) is 19.4 Å². The molecule has 0 aromatic heterocycles. The normalized spacial score (nSPS) is 17.6. The van der Waals surface area contributed by atoms with Crippen molar-refractivity contribution in [2.75, 3.05) is 12.3 Å². The van der Waals surface area contributed by atoms with Gasteiger partial charge in [0.05, 0.1) is 5.56 Å². The fraction of sp³-hybridized carbons (Fsp3) is 0.308. The van der Waals surface area contributed by atoms with Gasteiger partial charge in [0.2, 0.25) is 5.91 Å². The van der Waals surface area contributed by atoms with Gasteiger partial charge in [-0.15, -0.1) is 0 Å². The zero-order chi connectivity index (χ0) is 15.9.